The first-order valence-corrected chi connectivity index (χ1v) is 11.4. The van der Waals surface area contributed by atoms with Gasteiger partial charge in [0.1, 0.15) is 17.2 Å². The maximum Gasteiger partial charge on any atom is 0.371 e. The van der Waals surface area contributed by atoms with Crippen LogP contribution in [0.2, 0.25) is 0 Å². The maximum absolute atomic E-state index is 12.7. The van der Waals surface area contributed by atoms with Crippen LogP contribution in [-0.4, -0.2) is 31.1 Å². The number of benzene rings is 3. The SMILES string of the molecule is C=CC(=O)OCCCCOc1ccc(-c2ccc(OC(=O)c3ccc(OC(=O)C(=C)F)cc3)cc2)cc1. The number of hydrogen-bond acceptors (Lipinski definition) is 7. The monoisotopic (exact) mass is 504 g/mol. The number of carbonyl (C=O) groups excluding carboxylic acids is 3. The third-order valence-electron chi connectivity index (χ3n) is 4.99. The van der Waals surface area contributed by atoms with Crippen molar-refractivity contribution in [2.24, 2.45) is 0 Å². The van der Waals surface area contributed by atoms with E-state index in [-0.39, 0.29) is 11.3 Å². The van der Waals surface area contributed by atoms with E-state index in [0.29, 0.717) is 25.4 Å². The summed E-state index contributed by atoms with van der Waals surface area (Å²) in [5, 5.41) is 0. The topological polar surface area (TPSA) is 88.1 Å². The van der Waals surface area contributed by atoms with Crippen LogP contribution in [0.3, 0.4) is 0 Å². The molecule has 37 heavy (non-hydrogen) atoms. The van der Waals surface area contributed by atoms with Crippen molar-refractivity contribution < 1.29 is 37.7 Å². The van der Waals surface area contributed by atoms with Crippen LogP contribution in [0, 0.1) is 0 Å². The summed E-state index contributed by atoms with van der Waals surface area (Å²) >= 11 is 0. The fourth-order valence-corrected chi connectivity index (χ4v) is 3.07. The van der Waals surface area contributed by atoms with Gasteiger partial charge in [-0.15, -0.1) is 0 Å². The lowest BCUT2D eigenvalue weighted by molar-refractivity contribution is -0.138. The highest BCUT2D eigenvalue weighted by atomic mass is 19.1. The number of unbranched alkanes of at least 4 members (excludes halogenated alkanes) is 1. The van der Waals surface area contributed by atoms with Crippen LogP contribution in [0.15, 0.2) is 97.9 Å². The molecular formula is C29H25FO7. The first-order chi connectivity index (χ1) is 17.9. The molecule has 8 heteroatoms. The van der Waals surface area contributed by atoms with Gasteiger partial charge < -0.3 is 18.9 Å². The summed E-state index contributed by atoms with van der Waals surface area (Å²) in [5.74, 6) is -2.27. The Balaban J connectivity index is 1.47. The Morgan fingerprint density at radius 3 is 1.81 bits per heavy atom. The fraction of sp³-hybridized carbons (Fsp3) is 0.138. The second-order valence-corrected chi connectivity index (χ2v) is 7.68. The first-order valence-electron chi connectivity index (χ1n) is 11.4. The lowest BCUT2D eigenvalue weighted by Crippen LogP contribution is -2.10. The quantitative estimate of drug-likeness (QED) is 0.132. The van der Waals surface area contributed by atoms with Crippen LogP contribution in [0.4, 0.5) is 4.39 Å². The number of ether oxygens (including phenoxy) is 4. The van der Waals surface area contributed by atoms with E-state index in [1.807, 2.05) is 36.4 Å². The minimum Gasteiger partial charge on any atom is -0.494 e. The van der Waals surface area contributed by atoms with Gasteiger partial charge in [0.15, 0.2) is 0 Å². The molecule has 0 atom stereocenters. The van der Waals surface area contributed by atoms with Crippen molar-refractivity contribution in [2.75, 3.05) is 13.2 Å². The van der Waals surface area contributed by atoms with Crippen molar-refractivity contribution in [3.63, 3.8) is 0 Å². The molecule has 0 N–H and O–H groups in total. The summed E-state index contributed by atoms with van der Waals surface area (Å²) in [7, 11) is 0. The third-order valence-corrected chi connectivity index (χ3v) is 4.99. The van der Waals surface area contributed by atoms with Crippen LogP contribution in [0.5, 0.6) is 17.2 Å². The molecule has 3 rings (SSSR count). The second-order valence-electron chi connectivity index (χ2n) is 7.68. The van der Waals surface area contributed by atoms with Gasteiger partial charge in [-0.05, 0) is 72.5 Å². The fourth-order valence-electron chi connectivity index (χ4n) is 3.07. The molecule has 0 radical (unpaired) electrons. The highest BCUT2D eigenvalue weighted by Crippen LogP contribution is 2.25. The summed E-state index contributed by atoms with van der Waals surface area (Å²) in [6, 6.07) is 20.1. The Labute approximate surface area is 213 Å². The molecule has 0 amide bonds. The average Bonchev–Trinajstić information content (AvgIpc) is 2.91. The number of esters is 3. The lowest BCUT2D eigenvalue weighted by Gasteiger charge is -2.09. The van der Waals surface area contributed by atoms with Gasteiger partial charge in [0.05, 0.1) is 18.8 Å². The average molecular weight is 505 g/mol. The lowest BCUT2D eigenvalue weighted by atomic mass is 10.1. The molecule has 7 nitrogen and oxygen atoms in total. The van der Waals surface area contributed by atoms with E-state index in [1.165, 1.54) is 24.3 Å². The highest BCUT2D eigenvalue weighted by Gasteiger charge is 2.12. The molecule has 190 valence electrons. The number of hydrogen-bond donors (Lipinski definition) is 0. The molecule has 0 aliphatic rings. The minimum atomic E-state index is -1.21. The van der Waals surface area contributed by atoms with Gasteiger partial charge in [-0.2, -0.15) is 4.39 Å². The molecular weight excluding hydrogens is 479 g/mol. The van der Waals surface area contributed by atoms with Crippen LogP contribution in [-0.2, 0) is 14.3 Å². The smallest absolute Gasteiger partial charge is 0.371 e. The predicted octanol–water partition coefficient (Wildman–Crippen LogP) is 5.85. The standard InChI is InChI=1S/C29H25FO7/c1-3-27(31)35-19-5-4-18-34-24-12-6-21(7-13-24)22-8-14-26(15-9-22)37-29(33)23-10-16-25(17-11-23)36-28(32)20(2)30/h3,6-17H,1-2,4-5,18-19H2. The zero-order valence-electron chi connectivity index (χ0n) is 20.0. The minimum absolute atomic E-state index is 0.0765. The Morgan fingerprint density at radius 1 is 0.730 bits per heavy atom. The van der Waals surface area contributed by atoms with E-state index in [1.54, 1.807) is 12.1 Å². The summed E-state index contributed by atoms with van der Waals surface area (Å²) in [6.07, 6.45) is 2.59. The first kappa shape index (κ1) is 26.9. The molecule has 0 heterocycles. The van der Waals surface area contributed by atoms with Gasteiger partial charge >= 0.3 is 17.9 Å². The summed E-state index contributed by atoms with van der Waals surface area (Å²) in [4.78, 5) is 34.6. The van der Waals surface area contributed by atoms with Crippen LogP contribution in [0.1, 0.15) is 23.2 Å². The third kappa shape index (κ3) is 8.47. The Hall–Kier alpha value is -4.72. The molecule has 0 aromatic heterocycles. The summed E-state index contributed by atoms with van der Waals surface area (Å²) in [5.41, 5.74) is 2.12. The van der Waals surface area contributed by atoms with Crippen molar-refractivity contribution in [1.29, 1.82) is 0 Å². The normalized spacial score (nSPS) is 10.2. The molecule has 0 unspecified atom stereocenters. The maximum atomic E-state index is 12.7. The summed E-state index contributed by atoms with van der Waals surface area (Å²) < 4.78 is 33.5. The van der Waals surface area contributed by atoms with Gasteiger partial charge in [-0.1, -0.05) is 37.4 Å². The van der Waals surface area contributed by atoms with Crippen molar-refractivity contribution in [3.8, 4) is 28.4 Å². The van der Waals surface area contributed by atoms with Gasteiger partial charge in [0, 0.05) is 6.08 Å². The predicted molar refractivity (Wildman–Crippen MR) is 135 cm³/mol. The molecule has 0 spiro atoms. The number of carbonyl (C=O) groups is 3. The second kappa shape index (κ2) is 13.4. The van der Waals surface area contributed by atoms with E-state index in [9.17, 15) is 18.8 Å². The zero-order chi connectivity index (χ0) is 26.6. The molecule has 0 aliphatic heterocycles. The molecule has 3 aromatic rings. The molecule has 0 bridgehead atoms. The number of rotatable bonds is 12. The van der Waals surface area contributed by atoms with Crippen molar-refractivity contribution >= 4 is 17.9 Å². The summed E-state index contributed by atoms with van der Waals surface area (Å²) in [6.45, 7) is 7.05. The highest BCUT2D eigenvalue weighted by molar-refractivity contribution is 5.91. The van der Waals surface area contributed by atoms with E-state index in [4.69, 9.17) is 18.9 Å². The van der Waals surface area contributed by atoms with Crippen molar-refractivity contribution in [3.05, 3.63) is 103 Å². The molecule has 0 saturated heterocycles. The van der Waals surface area contributed by atoms with E-state index < -0.39 is 23.7 Å². The van der Waals surface area contributed by atoms with Gasteiger partial charge in [0.25, 0.3) is 0 Å². The van der Waals surface area contributed by atoms with Crippen molar-refractivity contribution in [1.82, 2.24) is 0 Å². The van der Waals surface area contributed by atoms with Gasteiger partial charge in [-0.25, -0.2) is 14.4 Å². The molecule has 3 aromatic carbocycles. The number of halogens is 1. The Kier molecular flexibility index (Phi) is 9.73. The van der Waals surface area contributed by atoms with E-state index in [0.717, 1.165) is 29.4 Å². The largest absolute Gasteiger partial charge is 0.494 e. The van der Waals surface area contributed by atoms with E-state index in [2.05, 4.69) is 13.2 Å². The van der Waals surface area contributed by atoms with Gasteiger partial charge in [-0.3, -0.25) is 0 Å². The molecule has 0 fully saturated rings. The van der Waals surface area contributed by atoms with Crippen LogP contribution >= 0.6 is 0 Å². The van der Waals surface area contributed by atoms with E-state index >= 15 is 0 Å². The molecule has 0 saturated carbocycles. The van der Waals surface area contributed by atoms with Gasteiger partial charge in [0.2, 0.25) is 5.83 Å². The van der Waals surface area contributed by atoms with Crippen LogP contribution < -0.4 is 14.2 Å². The van der Waals surface area contributed by atoms with Crippen molar-refractivity contribution in [2.45, 2.75) is 12.8 Å². The van der Waals surface area contributed by atoms with Crippen LogP contribution in [0.25, 0.3) is 11.1 Å². The Bertz CT molecular complexity index is 1250. The Morgan fingerprint density at radius 2 is 1.24 bits per heavy atom. The molecule has 0 aliphatic carbocycles. The zero-order valence-corrected chi connectivity index (χ0v) is 20.0.